The summed E-state index contributed by atoms with van der Waals surface area (Å²) in [5.41, 5.74) is 0.610. The third-order valence-corrected chi connectivity index (χ3v) is 2.22. The Kier molecular flexibility index (Phi) is 3.05. The van der Waals surface area contributed by atoms with Crippen LogP contribution in [0.25, 0.3) is 11.4 Å². The van der Waals surface area contributed by atoms with Crippen LogP contribution in [-0.2, 0) is 0 Å². The Morgan fingerprint density at radius 1 is 1.50 bits per heavy atom. The van der Waals surface area contributed by atoms with E-state index in [0.717, 1.165) is 0 Å². The molecule has 0 atom stereocenters. The average molecular weight is 242 g/mol. The summed E-state index contributed by atoms with van der Waals surface area (Å²) in [5.74, 6) is -0.0985. The minimum absolute atomic E-state index is 0.0345. The zero-order valence-corrected chi connectivity index (χ0v) is 9.25. The molecule has 2 aromatic rings. The first-order chi connectivity index (χ1) is 7.70. The Balaban J connectivity index is 2.31. The Bertz CT molecular complexity index is 501. The van der Waals surface area contributed by atoms with Crippen molar-refractivity contribution in [1.29, 1.82) is 0 Å². The van der Waals surface area contributed by atoms with Gasteiger partial charge in [-0.2, -0.15) is 4.98 Å². The fraction of sp³-hybridized carbons (Fsp3) is 0.200. The standard InChI is InChI=1S/C10H9ClFN3O/c1-2-13-10-14-9(15-16-10)6-3-4-8(12)7(11)5-6/h3-5H,2H2,1H3,(H,13,14,15). The zero-order chi connectivity index (χ0) is 11.5. The van der Waals surface area contributed by atoms with E-state index in [1.165, 1.54) is 12.1 Å². The molecule has 0 radical (unpaired) electrons. The lowest BCUT2D eigenvalue weighted by Crippen LogP contribution is -1.95. The maximum absolute atomic E-state index is 12.9. The number of anilines is 1. The normalized spacial score (nSPS) is 10.4. The van der Waals surface area contributed by atoms with E-state index in [1.807, 2.05) is 6.92 Å². The molecule has 0 aliphatic rings. The van der Waals surface area contributed by atoms with Gasteiger partial charge in [-0.1, -0.05) is 16.8 Å². The topological polar surface area (TPSA) is 51.0 Å². The van der Waals surface area contributed by atoms with Gasteiger partial charge in [-0.3, -0.25) is 0 Å². The summed E-state index contributed by atoms with van der Waals surface area (Å²) in [6.07, 6.45) is 0. The summed E-state index contributed by atoms with van der Waals surface area (Å²) in [6, 6.07) is 4.60. The molecular formula is C10H9ClFN3O. The van der Waals surface area contributed by atoms with Crippen molar-refractivity contribution >= 4 is 17.6 Å². The van der Waals surface area contributed by atoms with Crippen LogP contribution < -0.4 is 5.32 Å². The van der Waals surface area contributed by atoms with Crippen LogP contribution >= 0.6 is 11.6 Å². The van der Waals surface area contributed by atoms with Crippen LogP contribution in [0.5, 0.6) is 0 Å². The summed E-state index contributed by atoms with van der Waals surface area (Å²) < 4.78 is 17.9. The third-order valence-electron chi connectivity index (χ3n) is 1.93. The predicted octanol–water partition coefficient (Wildman–Crippen LogP) is 2.96. The van der Waals surface area contributed by atoms with Crippen LogP contribution in [-0.4, -0.2) is 16.7 Å². The molecule has 1 N–H and O–H groups in total. The second kappa shape index (κ2) is 4.49. The molecule has 16 heavy (non-hydrogen) atoms. The van der Waals surface area contributed by atoms with Gasteiger partial charge in [0.1, 0.15) is 5.82 Å². The van der Waals surface area contributed by atoms with Gasteiger partial charge in [0.25, 0.3) is 0 Å². The second-order valence-corrected chi connectivity index (χ2v) is 3.49. The molecule has 0 bridgehead atoms. The van der Waals surface area contributed by atoms with Crippen LogP contribution in [0.4, 0.5) is 10.4 Å². The lowest BCUT2D eigenvalue weighted by Gasteiger charge is -1.96. The van der Waals surface area contributed by atoms with Crippen molar-refractivity contribution < 1.29 is 8.91 Å². The van der Waals surface area contributed by atoms with Crippen LogP contribution in [0, 0.1) is 5.82 Å². The minimum atomic E-state index is -0.471. The average Bonchev–Trinajstić information content (AvgIpc) is 2.71. The molecule has 1 aromatic carbocycles. The van der Waals surface area contributed by atoms with Gasteiger partial charge in [0.05, 0.1) is 5.02 Å². The number of halogens is 2. The first-order valence-corrected chi connectivity index (χ1v) is 5.11. The van der Waals surface area contributed by atoms with Gasteiger partial charge < -0.3 is 9.84 Å². The highest BCUT2D eigenvalue weighted by Crippen LogP contribution is 2.23. The summed E-state index contributed by atoms with van der Waals surface area (Å²) in [6.45, 7) is 2.60. The molecule has 1 heterocycles. The Morgan fingerprint density at radius 3 is 3.00 bits per heavy atom. The number of nitrogens with zero attached hydrogens (tertiary/aromatic N) is 2. The molecule has 0 fully saturated rings. The summed E-state index contributed by atoms with van der Waals surface area (Å²) in [5, 5.41) is 6.66. The van der Waals surface area contributed by atoms with Gasteiger partial charge in [-0.25, -0.2) is 4.39 Å². The first kappa shape index (κ1) is 10.9. The Labute approximate surface area is 96.4 Å². The van der Waals surface area contributed by atoms with Crippen molar-refractivity contribution in [2.24, 2.45) is 0 Å². The Morgan fingerprint density at radius 2 is 2.31 bits per heavy atom. The van der Waals surface area contributed by atoms with Gasteiger partial charge in [0, 0.05) is 12.1 Å². The van der Waals surface area contributed by atoms with Crippen LogP contribution in [0.1, 0.15) is 6.92 Å². The van der Waals surface area contributed by atoms with Crippen LogP contribution in [0.3, 0.4) is 0 Å². The first-order valence-electron chi connectivity index (χ1n) is 4.73. The lowest BCUT2D eigenvalue weighted by molar-refractivity contribution is 0.432. The van der Waals surface area contributed by atoms with Gasteiger partial charge in [-0.05, 0) is 25.1 Å². The highest BCUT2D eigenvalue weighted by atomic mass is 35.5. The van der Waals surface area contributed by atoms with Crippen molar-refractivity contribution in [2.75, 3.05) is 11.9 Å². The van der Waals surface area contributed by atoms with Crippen molar-refractivity contribution in [3.8, 4) is 11.4 Å². The van der Waals surface area contributed by atoms with Crippen molar-refractivity contribution in [1.82, 2.24) is 10.1 Å². The van der Waals surface area contributed by atoms with E-state index in [9.17, 15) is 4.39 Å². The highest BCUT2D eigenvalue weighted by Gasteiger charge is 2.09. The quantitative estimate of drug-likeness (QED) is 0.898. The van der Waals surface area contributed by atoms with Gasteiger partial charge in [0.15, 0.2) is 0 Å². The summed E-state index contributed by atoms with van der Waals surface area (Å²) in [4.78, 5) is 4.07. The third kappa shape index (κ3) is 2.14. The van der Waals surface area contributed by atoms with E-state index in [-0.39, 0.29) is 5.02 Å². The molecule has 2 rings (SSSR count). The number of aromatic nitrogens is 2. The lowest BCUT2D eigenvalue weighted by atomic mass is 10.2. The van der Waals surface area contributed by atoms with Gasteiger partial charge in [-0.15, -0.1) is 0 Å². The summed E-state index contributed by atoms with van der Waals surface area (Å²) in [7, 11) is 0. The maximum Gasteiger partial charge on any atom is 0.321 e. The minimum Gasteiger partial charge on any atom is -0.338 e. The molecule has 84 valence electrons. The zero-order valence-electron chi connectivity index (χ0n) is 8.50. The molecule has 0 amide bonds. The molecular weight excluding hydrogens is 233 g/mol. The van der Waals surface area contributed by atoms with Crippen molar-refractivity contribution in [2.45, 2.75) is 6.92 Å². The highest BCUT2D eigenvalue weighted by molar-refractivity contribution is 6.31. The molecule has 4 nitrogen and oxygen atoms in total. The maximum atomic E-state index is 12.9. The molecule has 0 aliphatic heterocycles. The molecule has 1 aromatic heterocycles. The molecule has 0 saturated carbocycles. The Hall–Kier alpha value is -1.62. The molecule has 0 unspecified atom stereocenters. The monoisotopic (exact) mass is 241 g/mol. The number of benzene rings is 1. The van der Waals surface area contributed by atoms with E-state index in [0.29, 0.717) is 23.9 Å². The SMILES string of the molecule is CCNc1nc(-c2ccc(F)c(Cl)c2)no1. The van der Waals surface area contributed by atoms with Crippen LogP contribution in [0.15, 0.2) is 22.7 Å². The van der Waals surface area contributed by atoms with Gasteiger partial charge in [0.2, 0.25) is 5.82 Å². The smallest absolute Gasteiger partial charge is 0.321 e. The number of nitrogens with one attached hydrogen (secondary N) is 1. The second-order valence-electron chi connectivity index (χ2n) is 3.08. The molecule has 0 saturated heterocycles. The molecule has 0 aliphatic carbocycles. The number of hydrogen-bond acceptors (Lipinski definition) is 4. The van der Waals surface area contributed by atoms with E-state index >= 15 is 0 Å². The largest absolute Gasteiger partial charge is 0.338 e. The van der Waals surface area contributed by atoms with E-state index in [2.05, 4.69) is 15.5 Å². The van der Waals surface area contributed by atoms with Crippen LogP contribution in [0.2, 0.25) is 5.02 Å². The van der Waals surface area contributed by atoms with Crippen molar-refractivity contribution in [3.05, 3.63) is 29.0 Å². The van der Waals surface area contributed by atoms with E-state index < -0.39 is 5.82 Å². The molecule has 0 spiro atoms. The van der Waals surface area contributed by atoms with Crippen molar-refractivity contribution in [3.63, 3.8) is 0 Å². The fourth-order valence-electron chi connectivity index (χ4n) is 1.20. The number of hydrogen-bond donors (Lipinski definition) is 1. The fourth-order valence-corrected chi connectivity index (χ4v) is 1.38. The summed E-state index contributed by atoms with van der Waals surface area (Å²) >= 11 is 5.65. The van der Waals surface area contributed by atoms with E-state index in [4.69, 9.17) is 16.1 Å². The van der Waals surface area contributed by atoms with Gasteiger partial charge >= 0.3 is 6.01 Å². The predicted molar refractivity (Wildman–Crippen MR) is 58.9 cm³/mol. The van der Waals surface area contributed by atoms with E-state index in [1.54, 1.807) is 6.07 Å². The number of rotatable bonds is 3. The molecule has 6 heteroatoms.